The molecular weight excluding hydrogens is 452 g/mol. The number of imide groups is 1. The number of rotatable bonds is 5. The summed E-state index contributed by atoms with van der Waals surface area (Å²) in [5, 5.41) is 4.87. The van der Waals surface area contributed by atoms with Gasteiger partial charge in [0.2, 0.25) is 10.0 Å². The summed E-state index contributed by atoms with van der Waals surface area (Å²) in [6.07, 6.45) is 1.47. The second-order valence-corrected chi connectivity index (χ2v) is 10.4. The molecule has 33 heavy (non-hydrogen) atoms. The lowest BCUT2D eigenvalue weighted by atomic mass is 9.94. The van der Waals surface area contributed by atoms with Gasteiger partial charge in [-0.05, 0) is 23.8 Å². The quantitative estimate of drug-likeness (QED) is 0.594. The van der Waals surface area contributed by atoms with E-state index in [-0.39, 0.29) is 37.8 Å². The molecule has 4 heterocycles. The third kappa shape index (κ3) is 3.45. The predicted molar refractivity (Wildman–Crippen MR) is 114 cm³/mol. The lowest BCUT2D eigenvalue weighted by molar-refractivity contribution is -0.125. The maximum Gasteiger partial charge on any atom is 0.322 e. The molecule has 0 radical (unpaired) electrons. The Kier molecular flexibility index (Phi) is 4.76. The fourth-order valence-electron chi connectivity index (χ4n) is 4.54. The second-order valence-electron chi connectivity index (χ2n) is 8.40. The lowest BCUT2D eigenvalue weighted by Gasteiger charge is -2.29. The van der Waals surface area contributed by atoms with Crippen molar-refractivity contribution in [2.75, 3.05) is 26.5 Å². The van der Waals surface area contributed by atoms with Crippen LogP contribution in [0.4, 0.5) is 4.79 Å². The molecule has 1 unspecified atom stereocenters. The number of methoxy groups -OCH3 is 1. The lowest BCUT2D eigenvalue weighted by Crippen LogP contribution is -2.52. The zero-order valence-electron chi connectivity index (χ0n) is 18.0. The number of hydrogen-bond acceptors (Lipinski definition) is 7. The molecule has 0 bridgehead atoms. The van der Waals surface area contributed by atoms with Crippen LogP contribution >= 0.6 is 0 Å². The molecule has 1 saturated heterocycles. The maximum absolute atomic E-state index is 13.1. The van der Waals surface area contributed by atoms with Crippen LogP contribution in [0.5, 0.6) is 5.75 Å². The molecule has 0 saturated carbocycles. The number of fused-ring (bicyclic) bond motifs is 2. The van der Waals surface area contributed by atoms with E-state index in [9.17, 15) is 22.8 Å². The van der Waals surface area contributed by atoms with Gasteiger partial charge in [-0.15, -0.1) is 0 Å². The van der Waals surface area contributed by atoms with Gasteiger partial charge in [0.05, 0.1) is 19.9 Å². The van der Waals surface area contributed by atoms with Crippen molar-refractivity contribution in [1.29, 1.82) is 0 Å². The molecule has 3 aliphatic heterocycles. The third-order valence-electron chi connectivity index (χ3n) is 6.29. The SMILES string of the molecule is COc1ccc2c(c1)C(=O)N(CC1(c3cc4c(o3)CCN(S(C)(=O)=O)C4)NC(=O)NC1=O)C2. The summed E-state index contributed by atoms with van der Waals surface area (Å²) in [6.45, 7) is 0.469. The molecule has 2 N–H and O–H groups in total. The maximum atomic E-state index is 13.1. The molecule has 0 aliphatic carbocycles. The van der Waals surface area contributed by atoms with E-state index in [0.717, 1.165) is 11.8 Å². The second kappa shape index (κ2) is 7.32. The van der Waals surface area contributed by atoms with Gasteiger partial charge in [-0.2, -0.15) is 4.31 Å². The highest BCUT2D eigenvalue weighted by molar-refractivity contribution is 7.88. The van der Waals surface area contributed by atoms with Crippen molar-refractivity contribution in [2.24, 2.45) is 0 Å². The molecule has 0 spiro atoms. The number of nitrogens with one attached hydrogen (secondary N) is 2. The number of amides is 4. The zero-order valence-corrected chi connectivity index (χ0v) is 18.8. The molecule has 1 fully saturated rings. The number of furan rings is 1. The zero-order chi connectivity index (χ0) is 23.5. The summed E-state index contributed by atoms with van der Waals surface area (Å²) >= 11 is 0. The molecule has 1 aromatic carbocycles. The number of carbonyl (C=O) groups excluding carboxylic acids is 3. The van der Waals surface area contributed by atoms with Crippen LogP contribution < -0.4 is 15.4 Å². The smallest absolute Gasteiger partial charge is 0.322 e. The van der Waals surface area contributed by atoms with Crippen molar-refractivity contribution in [2.45, 2.75) is 25.0 Å². The van der Waals surface area contributed by atoms with Crippen molar-refractivity contribution in [3.63, 3.8) is 0 Å². The molecule has 2 aromatic rings. The number of urea groups is 1. The van der Waals surface area contributed by atoms with E-state index < -0.39 is 27.5 Å². The van der Waals surface area contributed by atoms with Crippen LogP contribution in [0.3, 0.4) is 0 Å². The van der Waals surface area contributed by atoms with Gasteiger partial charge in [0.25, 0.3) is 11.8 Å². The molecule has 1 atom stereocenters. The highest BCUT2D eigenvalue weighted by atomic mass is 32.2. The Balaban J connectivity index is 1.49. The van der Waals surface area contributed by atoms with E-state index in [4.69, 9.17) is 9.15 Å². The van der Waals surface area contributed by atoms with E-state index in [1.54, 1.807) is 24.3 Å². The minimum absolute atomic E-state index is 0.108. The fourth-order valence-corrected chi connectivity index (χ4v) is 5.33. The number of benzene rings is 1. The predicted octanol–water partition coefficient (Wildman–Crippen LogP) is 0.297. The highest BCUT2D eigenvalue weighted by Gasteiger charge is 2.53. The highest BCUT2D eigenvalue weighted by Crippen LogP contribution is 2.35. The Morgan fingerprint density at radius 3 is 2.61 bits per heavy atom. The van der Waals surface area contributed by atoms with Gasteiger partial charge < -0.3 is 19.4 Å². The Bertz CT molecular complexity index is 1300. The molecule has 11 nitrogen and oxygen atoms in total. The van der Waals surface area contributed by atoms with Gasteiger partial charge in [-0.25, -0.2) is 13.2 Å². The van der Waals surface area contributed by atoms with Crippen LogP contribution in [0.2, 0.25) is 0 Å². The van der Waals surface area contributed by atoms with Gasteiger partial charge >= 0.3 is 6.03 Å². The Hall–Kier alpha value is -3.38. The van der Waals surface area contributed by atoms with E-state index in [0.29, 0.717) is 29.1 Å². The van der Waals surface area contributed by atoms with Crippen molar-refractivity contribution < 1.29 is 32.0 Å². The standard InChI is InChI=1S/C21H22N4O7S/c1-31-14-4-3-12-9-24(18(26)15(12)8-14)11-21(19(27)22-20(28)23-21)17-7-13-10-25(33(2,29)30)6-5-16(13)32-17/h3-4,7-8H,5-6,9-11H2,1-2H3,(H2,22,23,27,28). The largest absolute Gasteiger partial charge is 0.497 e. The van der Waals surface area contributed by atoms with E-state index in [2.05, 4.69) is 10.6 Å². The Labute approximate surface area is 189 Å². The molecule has 5 rings (SSSR count). The van der Waals surface area contributed by atoms with Crippen LogP contribution in [0, 0.1) is 0 Å². The molecule has 174 valence electrons. The van der Waals surface area contributed by atoms with Crippen molar-refractivity contribution in [1.82, 2.24) is 19.8 Å². The van der Waals surface area contributed by atoms with Crippen LogP contribution in [-0.4, -0.2) is 61.9 Å². The van der Waals surface area contributed by atoms with Crippen LogP contribution in [0.1, 0.15) is 33.0 Å². The normalized spacial score (nSPS) is 22.7. The first-order valence-corrected chi connectivity index (χ1v) is 12.1. The van der Waals surface area contributed by atoms with Gasteiger partial charge in [-0.3, -0.25) is 14.9 Å². The first-order chi connectivity index (χ1) is 15.6. The monoisotopic (exact) mass is 474 g/mol. The van der Waals surface area contributed by atoms with Crippen molar-refractivity contribution in [3.8, 4) is 5.75 Å². The number of carbonyl (C=O) groups is 3. The fraction of sp³-hybridized carbons (Fsp3) is 0.381. The topological polar surface area (TPSA) is 138 Å². The summed E-state index contributed by atoms with van der Waals surface area (Å²) in [6, 6.07) is 6.08. The van der Waals surface area contributed by atoms with Crippen LogP contribution in [0.25, 0.3) is 0 Å². The number of sulfonamides is 1. The summed E-state index contributed by atoms with van der Waals surface area (Å²) in [5.41, 5.74) is 0.238. The molecule has 4 amide bonds. The van der Waals surface area contributed by atoms with E-state index in [1.165, 1.54) is 16.3 Å². The number of hydrogen-bond donors (Lipinski definition) is 2. The first-order valence-electron chi connectivity index (χ1n) is 10.3. The Morgan fingerprint density at radius 2 is 1.94 bits per heavy atom. The van der Waals surface area contributed by atoms with Crippen molar-refractivity contribution in [3.05, 3.63) is 52.5 Å². The minimum atomic E-state index is -3.40. The summed E-state index contributed by atoms with van der Waals surface area (Å²) < 4.78 is 36.4. The molecule has 3 aliphatic rings. The summed E-state index contributed by atoms with van der Waals surface area (Å²) in [5.74, 6) is 0.322. The van der Waals surface area contributed by atoms with Gasteiger partial charge in [0, 0.05) is 37.2 Å². The molecule has 1 aromatic heterocycles. The molecule has 12 heteroatoms. The van der Waals surface area contributed by atoms with E-state index >= 15 is 0 Å². The first kappa shape index (κ1) is 21.5. The van der Waals surface area contributed by atoms with E-state index in [1.807, 2.05) is 0 Å². The average Bonchev–Trinajstić information content (AvgIpc) is 3.41. The number of ether oxygens (including phenoxy) is 1. The van der Waals surface area contributed by atoms with Crippen molar-refractivity contribution >= 4 is 27.9 Å². The van der Waals surface area contributed by atoms with Gasteiger partial charge in [0.15, 0.2) is 5.54 Å². The van der Waals surface area contributed by atoms with Gasteiger partial charge in [-0.1, -0.05) is 6.07 Å². The van der Waals surface area contributed by atoms with Gasteiger partial charge in [0.1, 0.15) is 17.3 Å². The van der Waals surface area contributed by atoms with Crippen LogP contribution in [0.15, 0.2) is 28.7 Å². The average molecular weight is 474 g/mol. The summed E-state index contributed by atoms with van der Waals surface area (Å²) in [7, 11) is -1.89. The van der Waals surface area contributed by atoms with Crippen LogP contribution in [-0.2, 0) is 39.9 Å². The minimum Gasteiger partial charge on any atom is -0.497 e. The Morgan fingerprint density at radius 1 is 1.15 bits per heavy atom. The molecular formula is C21H22N4O7S. The number of nitrogens with zero attached hydrogens (tertiary/aromatic N) is 2. The summed E-state index contributed by atoms with van der Waals surface area (Å²) in [4.78, 5) is 39.7. The third-order valence-corrected chi connectivity index (χ3v) is 7.54.